The number of hydrogen-bond donors (Lipinski definition) is 0. The zero-order valence-corrected chi connectivity index (χ0v) is 13.0. The molecule has 0 spiro atoms. The fourth-order valence-electron chi connectivity index (χ4n) is 3.10. The average molecular weight is 291 g/mol. The summed E-state index contributed by atoms with van der Waals surface area (Å²) in [5, 5.41) is 0. The van der Waals surface area contributed by atoms with Crippen molar-refractivity contribution < 1.29 is 9.18 Å². The van der Waals surface area contributed by atoms with Gasteiger partial charge in [-0.05, 0) is 56.6 Å². The van der Waals surface area contributed by atoms with E-state index in [-0.39, 0.29) is 17.6 Å². The SMILES string of the molecule is CCCCCC[C@@H](C(=O)c1ccc(F)cc1)N1CCCC1. The quantitative estimate of drug-likeness (QED) is 0.521. The number of hydrogen-bond acceptors (Lipinski definition) is 2. The summed E-state index contributed by atoms with van der Waals surface area (Å²) in [6.45, 7) is 4.23. The number of ketones is 1. The number of carbonyl (C=O) groups is 1. The zero-order chi connectivity index (χ0) is 15.1. The Hall–Kier alpha value is -1.22. The van der Waals surface area contributed by atoms with Crippen molar-refractivity contribution in [1.82, 2.24) is 4.90 Å². The molecule has 0 amide bonds. The van der Waals surface area contributed by atoms with E-state index < -0.39 is 0 Å². The average Bonchev–Trinajstić information content (AvgIpc) is 3.01. The lowest BCUT2D eigenvalue weighted by atomic mass is 9.97. The minimum Gasteiger partial charge on any atom is -0.293 e. The van der Waals surface area contributed by atoms with Crippen LogP contribution in [0.3, 0.4) is 0 Å². The van der Waals surface area contributed by atoms with Gasteiger partial charge in [0.25, 0.3) is 0 Å². The molecule has 2 rings (SSSR count). The summed E-state index contributed by atoms with van der Waals surface area (Å²) in [5.74, 6) is -0.124. The molecule has 0 N–H and O–H groups in total. The van der Waals surface area contributed by atoms with E-state index in [0.29, 0.717) is 5.56 Å². The fourth-order valence-corrected chi connectivity index (χ4v) is 3.10. The number of likely N-dealkylation sites (tertiary alicyclic amines) is 1. The van der Waals surface area contributed by atoms with Crippen molar-refractivity contribution in [3.8, 4) is 0 Å². The largest absolute Gasteiger partial charge is 0.293 e. The Bertz CT molecular complexity index is 437. The highest BCUT2D eigenvalue weighted by Crippen LogP contribution is 2.21. The maximum absolute atomic E-state index is 13.0. The lowest BCUT2D eigenvalue weighted by Crippen LogP contribution is -2.39. The van der Waals surface area contributed by atoms with Crippen LogP contribution in [-0.2, 0) is 0 Å². The van der Waals surface area contributed by atoms with E-state index in [4.69, 9.17) is 0 Å². The van der Waals surface area contributed by atoms with Crippen LogP contribution in [-0.4, -0.2) is 29.8 Å². The van der Waals surface area contributed by atoms with E-state index in [1.165, 1.54) is 44.2 Å². The predicted molar refractivity (Wildman–Crippen MR) is 84.1 cm³/mol. The number of nitrogens with zero attached hydrogens (tertiary/aromatic N) is 1. The molecule has 1 fully saturated rings. The van der Waals surface area contributed by atoms with E-state index in [2.05, 4.69) is 11.8 Å². The van der Waals surface area contributed by atoms with E-state index in [1.807, 2.05) is 0 Å². The summed E-state index contributed by atoms with van der Waals surface area (Å²) in [7, 11) is 0. The fraction of sp³-hybridized carbons (Fsp3) is 0.611. The van der Waals surface area contributed by atoms with Crippen LogP contribution in [0.25, 0.3) is 0 Å². The van der Waals surface area contributed by atoms with E-state index >= 15 is 0 Å². The van der Waals surface area contributed by atoms with Gasteiger partial charge in [-0.2, -0.15) is 0 Å². The number of unbranched alkanes of at least 4 members (excludes halogenated alkanes) is 3. The molecule has 0 aromatic heterocycles. The maximum atomic E-state index is 13.0. The summed E-state index contributed by atoms with van der Waals surface area (Å²) in [6, 6.07) is 5.98. The molecule has 1 saturated heterocycles. The first-order valence-electron chi connectivity index (χ1n) is 8.26. The second-order valence-electron chi connectivity index (χ2n) is 5.98. The number of carbonyl (C=O) groups excluding carboxylic acids is 1. The van der Waals surface area contributed by atoms with Gasteiger partial charge < -0.3 is 0 Å². The number of Topliss-reactive ketones (excluding diaryl/α,β-unsaturated/α-hetero) is 1. The Morgan fingerprint density at radius 3 is 2.43 bits per heavy atom. The van der Waals surface area contributed by atoms with Gasteiger partial charge in [0, 0.05) is 5.56 Å². The smallest absolute Gasteiger partial charge is 0.179 e. The van der Waals surface area contributed by atoms with Gasteiger partial charge in [-0.25, -0.2) is 4.39 Å². The molecule has 1 aromatic rings. The number of rotatable bonds is 8. The van der Waals surface area contributed by atoms with E-state index in [0.717, 1.165) is 25.9 Å². The van der Waals surface area contributed by atoms with Crippen molar-refractivity contribution in [2.75, 3.05) is 13.1 Å². The molecule has 2 nitrogen and oxygen atoms in total. The molecule has 1 aliphatic rings. The van der Waals surface area contributed by atoms with Crippen LogP contribution in [0.15, 0.2) is 24.3 Å². The molecule has 1 aromatic carbocycles. The summed E-state index contributed by atoms with van der Waals surface area (Å²) in [4.78, 5) is 15.1. The van der Waals surface area contributed by atoms with Crippen molar-refractivity contribution >= 4 is 5.78 Å². The molecule has 21 heavy (non-hydrogen) atoms. The van der Waals surface area contributed by atoms with Crippen LogP contribution < -0.4 is 0 Å². The minimum atomic E-state index is -0.285. The topological polar surface area (TPSA) is 20.3 Å². The first-order chi connectivity index (χ1) is 10.2. The van der Waals surface area contributed by atoms with Crippen LogP contribution in [0.5, 0.6) is 0 Å². The van der Waals surface area contributed by atoms with E-state index in [9.17, 15) is 9.18 Å². The highest BCUT2D eigenvalue weighted by atomic mass is 19.1. The van der Waals surface area contributed by atoms with E-state index in [1.54, 1.807) is 12.1 Å². The Morgan fingerprint density at radius 2 is 1.81 bits per heavy atom. The monoisotopic (exact) mass is 291 g/mol. The molecule has 0 saturated carbocycles. The molecular formula is C18H26FNO. The lowest BCUT2D eigenvalue weighted by Gasteiger charge is -2.26. The Balaban J connectivity index is 2.02. The number of halogens is 1. The van der Waals surface area contributed by atoms with Gasteiger partial charge in [0.2, 0.25) is 0 Å². The molecule has 0 unspecified atom stereocenters. The minimum absolute atomic E-state index is 0.0187. The second kappa shape index (κ2) is 8.28. The third-order valence-electron chi connectivity index (χ3n) is 4.34. The highest BCUT2D eigenvalue weighted by molar-refractivity contribution is 6.00. The number of benzene rings is 1. The van der Waals surface area contributed by atoms with Crippen LogP contribution in [0, 0.1) is 5.82 Å². The van der Waals surface area contributed by atoms with Gasteiger partial charge in [0.1, 0.15) is 5.82 Å². The predicted octanol–water partition coefficient (Wildman–Crippen LogP) is 4.44. The van der Waals surface area contributed by atoms with Crippen molar-refractivity contribution in [3.63, 3.8) is 0 Å². The van der Waals surface area contributed by atoms with Gasteiger partial charge in [-0.15, -0.1) is 0 Å². The van der Waals surface area contributed by atoms with Crippen LogP contribution >= 0.6 is 0 Å². The van der Waals surface area contributed by atoms with Crippen molar-refractivity contribution in [1.29, 1.82) is 0 Å². The van der Waals surface area contributed by atoms with Crippen LogP contribution in [0.4, 0.5) is 4.39 Å². The van der Waals surface area contributed by atoms with Gasteiger partial charge >= 0.3 is 0 Å². The second-order valence-corrected chi connectivity index (χ2v) is 5.98. The maximum Gasteiger partial charge on any atom is 0.179 e. The van der Waals surface area contributed by atoms with Crippen molar-refractivity contribution in [3.05, 3.63) is 35.6 Å². The van der Waals surface area contributed by atoms with Gasteiger partial charge in [0.05, 0.1) is 6.04 Å². The van der Waals surface area contributed by atoms with Crippen molar-refractivity contribution in [2.24, 2.45) is 0 Å². The summed E-state index contributed by atoms with van der Waals surface area (Å²) in [6.07, 6.45) is 8.03. The summed E-state index contributed by atoms with van der Waals surface area (Å²) >= 11 is 0. The van der Waals surface area contributed by atoms with Gasteiger partial charge in [-0.1, -0.05) is 32.6 Å². The van der Waals surface area contributed by atoms with Crippen molar-refractivity contribution in [2.45, 2.75) is 57.9 Å². The molecule has 0 radical (unpaired) electrons. The Labute approximate surface area is 127 Å². The molecule has 0 bridgehead atoms. The molecule has 116 valence electrons. The molecule has 1 atom stereocenters. The molecule has 1 heterocycles. The first-order valence-corrected chi connectivity index (χ1v) is 8.26. The van der Waals surface area contributed by atoms with Crippen LogP contribution in [0.1, 0.15) is 62.2 Å². The standard InChI is InChI=1S/C18H26FNO/c1-2-3-4-5-8-17(20-13-6-7-14-20)18(21)15-9-11-16(19)12-10-15/h9-12,17H,2-8,13-14H2,1H3/t17-/m0/s1. The zero-order valence-electron chi connectivity index (χ0n) is 13.0. The third kappa shape index (κ3) is 4.63. The molecular weight excluding hydrogens is 265 g/mol. The first kappa shape index (κ1) is 16.2. The summed E-state index contributed by atoms with van der Waals surface area (Å²) < 4.78 is 13.0. The normalized spacial score (nSPS) is 17.0. The molecule has 3 heteroatoms. The summed E-state index contributed by atoms with van der Waals surface area (Å²) in [5.41, 5.74) is 0.642. The Morgan fingerprint density at radius 1 is 1.14 bits per heavy atom. The molecule has 0 aliphatic carbocycles. The third-order valence-corrected chi connectivity index (χ3v) is 4.34. The van der Waals surface area contributed by atoms with Crippen LogP contribution in [0.2, 0.25) is 0 Å². The van der Waals surface area contributed by atoms with Gasteiger partial charge in [-0.3, -0.25) is 9.69 Å². The van der Waals surface area contributed by atoms with Gasteiger partial charge in [0.15, 0.2) is 5.78 Å². The highest BCUT2D eigenvalue weighted by Gasteiger charge is 2.28. The molecule has 1 aliphatic heterocycles. The lowest BCUT2D eigenvalue weighted by molar-refractivity contribution is 0.0834. The Kier molecular flexibility index (Phi) is 6.37.